The van der Waals surface area contributed by atoms with E-state index in [1.165, 1.54) is 10.8 Å². The molecule has 3 N–H and O–H groups in total. The van der Waals surface area contributed by atoms with Crippen molar-refractivity contribution in [3.8, 4) is 17.6 Å². The van der Waals surface area contributed by atoms with Gasteiger partial charge in [-0.1, -0.05) is 54.6 Å². The zero-order chi connectivity index (χ0) is 48.0. The average molecular weight is 939 g/mol. The lowest BCUT2D eigenvalue weighted by Crippen LogP contribution is -2.40. The molecule has 1 saturated heterocycles. The number of hydrogen-bond acceptors (Lipinski definition) is 12. The zero-order valence-corrected chi connectivity index (χ0v) is 38.3. The van der Waals surface area contributed by atoms with Gasteiger partial charge >= 0.3 is 17.8 Å². The summed E-state index contributed by atoms with van der Waals surface area (Å²) in [6.45, 7) is 7.14. The van der Waals surface area contributed by atoms with Crippen LogP contribution in [0.1, 0.15) is 69.0 Å². The fraction of sp³-hybridized carbons (Fsp3) is 0.413. The zero-order valence-electron chi connectivity index (χ0n) is 37.4. The number of amides is 2. The quantitative estimate of drug-likeness (QED) is 0.0344. The van der Waals surface area contributed by atoms with Gasteiger partial charge in [-0.15, -0.1) is 0 Å². The third-order valence-corrected chi connectivity index (χ3v) is 12.5. The summed E-state index contributed by atoms with van der Waals surface area (Å²) in [5.41, 5.74) is -0.741. The minimum atomic E-state index is -5.07. The van der Waals surface area contributed by atoms with Crippen molar-refractivity contribution in [2.75, 3.05) is 40.5 Å². The van der Waals surface area contributed by atoms with Crippen molar-refractivity contribution in [2.24, 2.45) is 0 Å². The number of nitrogens with zero attached hydrogens (tertiary/aromatic N) is 3. The standard InChI is InChI=1S/C46H54F3N6O10P/c1-30(2)55(31(3)4)66(63-26-10-23-50)65-38-27-41(54-28-32(42(57)53-44(54)59)13-22-40(56)51-24-25-52-43(58)46(47,48)49)64-39(38)29-62-45(33-11-8-7-9-12-33,34-14-18-36(60-5)19-15-34)35-16-20-37(61-6)21-17-35/h7-9,11-22,28,30-31,38-39,41H,10,24-27,29H2,1-6H3,(H,51,56)(H,52,58)(H,53,57,59)/t38-,39+,41+,66?/m0/s1. The summed E-state index contributed by atoms with van der Waals surface area (Å²) in [5.74, 6) is -1.67. The third kappa shape index (κ3) is 12.9. The predicted octanol–water partition coefficient (Wildman–Crippen LogP) is 6.32. The highest BCUT2D eigenvalue weighted by atomic mass is 31.2. The summed E-state index contributed by atoms with van der Waals surface area (Å²) in [6.07, 6.45) is -4.33. The van der Waals surface area contributed by atoms with E-state index in [4.69, 9.17) is 28.0 Å². The Labute approximate surface area is 381 Å². The molecule has 2 amide bonds. The van der Waals surface area contributed by atoms with Gasteiger partial charge in [0.1, 0.15) is 29.4 Å². The SMILES string of the molecule is COc1ccc(C(OC[C@H]2O[C@@H](n3cc(C=CC(=O)NCCNC(=O)C(F)(F)F)c(=O)[nH]c3=O)C[C@@H]2OP(OCCC#N)N(C(C)C)C(C)C)(c2ccccc2)c2ccc(OC)cc2)cc1. The largest absolute Gasteiger partial charge is 0.497 e. The molecule has 0 aliphatic carbocycles. The van der Waals surface area contributed by atoms with E-state index in [-0.39, 0.29) is 50.2 Å². The van der Waals surface area contributed by atoms with Crippen molar-refractivity contribution in [1.29, 1.82) is 5.26 Å². The lowest BCUT2D eigenvalue weighted by atomic mass is 9.80. The summed E-state index contributed by atoms with van der Waals surface area (Å²) in [7, 11) is 1.32. The Balaban J connectivity index is 1.54. The third-order valence-electron chi connectivity index (χ3n) is 10.4. The molecule has 66 heavy (non-hydrogen) atoms. The monoisotopic (exact) mass is 938 g/mol. The van der Waals surface area contributed by atoms with Crippen molar-refractivity contribution in [2.45, 2.75) is 82.8 Å². The maximum atomic E-state index is 13.5. The molecule has 4 aromatic rings. The number of halogens is 3. The van der Waals surface area contributed by atoms with Crippen molar-refractivity contribution >= 4 is 26.4 Å². The van der Waals surface area contributed by atoms with Crippen LogP contribution in [0.2, 0.25) is 0 Å². The fourth-order valence-corrected chi connectivity index (χ4v) is 9.10. The number of aromatic nitrogens is 2. The second kappa shape index (κ2) is 23.5. The van der Waals surface area contributed by atoms with Gasteiger partial charge in [0.15, 0.2) is 0 Å². The van der Waals surface area contributed by atoms with Crippen LogP contribution in [0.15, 0.2) is 101 Å². The Morgan fingerprint density at radius 1 is 0.924 bits per heavy atom. The number of rotatable bonds is 22. The van der Waals surface area contributed by atoms with E-state index >= 15 is 0 Å². The molecule has 1 aliphatic heterocycles. The Kier molecular flexibility index (Phi) is 18.2. The van der Waals surface area contributed by atoms with Crippen molar-refractivity contribution in [1.82, 2.24) is 24.9 Å². The number of H-pyrrole nitrogens is 1. The van der Waals surface area contributed by atoms with Crippen LogP contribution in [0, 0.1) is 11.3 Å². The van der Waals surface area contributed by atoms with Crippen molar-refractivity contribution in [3.05, 3.63) is 134 Å². The molecule has 1 fully saturated rings. The number of benzene rings is 3. The van der Waals surface area contributed by atoms with E-state index in [9.17, 15) is 37.6 Å². The van der Waals surface area contributed by atoms with E-state index in [0.29, 0.717) is 11.5 Å². The number of nitrogens with one attached hydrogen (secondary N) is 3. The molecular weight excluding hydrogens is 885 g/mol. The highest BCUT2D eigenvalue weighted by Gasteiger charge is 2.45. The van der Waals surface area contributed by atoms with E-state index in [0.717, 1.165) is 28.8 Å². The number of ether oxygens (including phenoxy) is 4. The van der Waals surface area contributed by atoms with Gasteiger partial charge < -0.3 is 38.6 Å². The van der Waals surface area contributed by atoms with E-state index < -0.39 is 68.3 Å². The van der Waals surface area contributed by atoms with Crippen LogP contribution in [0.5, 0.6) is 11.5 Å². The number of alkyl halides is 3. The van der Waals surface area contributed by atoms with Crippen LogP contribution in [0.3, 0.4) is 0 Å². The summed E-state index contributed by atoms with van der Waals surface area (Å²) < 4.78 is 78.8. The topological polar surface area (TPSA) is 195 Å². The average Bonchev–Trinajstić information content (AvgIpc) is 3.69. The minimum absolute atomic E-state index is 0.0473. The van der Waals surface area contributed by atoms with Gasteiger partial charge in [0, 0.05) is 43.9 Å². The molecule has 4 atom stereocenters. The molecule has 16 nitrogen and oxygen atoms in total. The van der Waals surface area contributed by atoms with Crippen LogP contribution in [-0.2, 0) is 33.7 Å². The molecule has 0 saturated carbocycles. The maximum absolute atomic E-state index is 13.5. The molecule has 3 aromatic carbocycles. The smallest absolute Gasteiger partial charge is 0.471 e. The number of nitriles is 1. The first-order valence-corrected chi connectivity index (χ1v) is 22.2. The Morgan fingerprint density at radius 2 is 1.50 bits per heavy atom. The van der Waals surface area contributed by atoms with Gasteiger partial charge in [-0.05, 0) is 74.7 Å². The molecule has 2 heterocycles. The number of carbonyl (C=O) groups excluding carboxylic acids is 2. The first-order chi connectivity index (χ1) is 31.5. The first-order valence-electron chi connectivity index (χ1n) is 21.1. The van der Waals surface area contributed by atoms with Crippen molar-refractivity contribution in [3.63, 3.8) is 0 Å². The molecule has 354 valence electrons. The maximum Gasteiger partial charge on any atom is 0.471 e. The molecule has 1 aromatic heterocycles. The van der Waals surface area contributed by atoms with E-state index in [1.54, 1.807) is 19.5 Å². The van der Waals surface area contributed by atoms with E-state index in [1.807, 2.05) is 107 Å². The highest BCUT2D eigenvalue weighted by Crippen LogP contribution is 2.50. The molecular formula is C46H54F3N6O10P. The Bertz CT molecular complexity index is 2350. The van der Waals surface area contributed by atoms with Gasteiger partial charge in [-0.2, -0.15) is 18.4 Å². The normalized spacial score (nSPS) is 17.0. The summed E-state index contributed by atoms with van der Waals surface area (Å²) in [5, 5.41) is 13.3. The van der Waals surface area contributed by atoms with Crippen LogP contribution >= 0.6 is 8.53 Å². The number of methoxy groups -OCH3 is 2. The minimum Gasteiger partial charge on any atom is -0.497 e. The second-order valence-electron chi connectivity index (χ2n) is 15.5. The second-order valence-corrected chi connectivity index (χ2v) is 16.9. The molecule has 0 radical (unpaired) electrons. The van der Waals surface area contributed by atoms with Gasteiger partial charge in [0.2, 0.25) is 5.91 Å². The summed E-state index contributed by atoms with van der Waals surface area (Å²) in [4.78, 5) is 52.4. The summed E-state index contributed by atoms with van der Waals surface area (Å²) >= 11 is 0. The first kappa shape index (κ1) is 51.1. The van der Waals surface area contributed by atoms with Crippen LogP contribution in [0.25, 0.3) is 6.08 Å². The highest BCUT2D eigenvalue weighted by molar-refractivity contribution is 7.44. The van der Waals surface area contributed by atoms with Crippen LogP contribution in [0.4, 0.5) is 13.2 Å². The number of hydrogen-bond donors (Lipinski definition) is 3. The Hall–Kier alpha value is -5.87. The summed E-state index contributed by atoms with van der Waals surface area (Å²) in [6, 6.07) is 26.6. The molecule has 1 aliphatic rings. The van der Waals surface area contributed by atoms with Gasteiger partial charge in [-0.3, -0.25) is 23.9 Å². The molecule has 20 heteroatoms. The number of aromatic amines is 1. The molecule has 0 bridgehead atoms. The fourth-order valence-electron chi connectivity index (χ4n) is 7.34. The molecule has 5 rings (SSSR count). The lowest BCUT2D eigenvalue weighted by Gasteiger charge is -2.39. The molecule has 1 unspecified atom stereocenters. The predicted molar refractivity (Wildman–Crippen MR) is 239 cm³/mol. The van der Waals surface area contributed by atoms with Crippen molar-refractivity contribution < 1.29 is 50.8 Å². The lowest BCUT2D eigenvalue weighted by molar-refractivity contribution is -0.173. The Morgan fingerprint density at radius 3 is 2.05 bits per heavy atom. The van der Waals surface area contributed by atoms with E-state index in [2.05, 4.69) is 21.0 Å². The molecule has 0 spiro atoms. The number of carbonyl (C=O) groups is 2. The van der Waals surface area contributed by atoms with Gasteiger partial charge in [0.05, 0.1) is 51.6 Å². The van der Waals surface area contributed by atoms with Gasteiger partial charge in [0.25, 0.3) is 14.1 Å². The van der Waals surface area contributed by atoms with Gasteiger partial charge in [-0.25, -0.2) is 9.46 Å². The van der Waals surface area contributed by atoms with Crippen LogP contribution in [-0.4, -0.2) is 97.0 Å². The van der Waals surface area contributed by atoms with Crippen LogP contribution < -0.4 is 31.4 Å².